The summed E-state index contributed by atoms with van der Waals surface area (Å²) in [5.41, 5.74) is 3.68. The van der Waals surface area contributed by atoms with Gasteiger partial charge in [0.05, 0.1) is 20.8 Å². The van der Waals surface area contributed by atoms with Crippen LogP contribution in [0, 0.1) is 0 Å². The number of guanidine groups is 1. The fourth-order valence-electron chi connectivity index (χ4n) is 3.72. The molecule has 1 aliphatic heterocycles. The van der Waals surface area contributed by atoms with Crippen molar-refractivity contribution in [3.8, 4) is 17.2 Å². The normalized spacial score (nSPS) is 13.5. The van der Waals surface area contributed by atoms with Crippen molar-refractivity contribution in [3.63, 3.8) is 0 Å². The van der Waals surface area contributed by atoms with Gasteiger partial charge in [-0.2, -0.15) is 0 Å². The summed E-state index contributed by atoms with van der Waals surface area (Å²) in [6.07, 6.45) is 1.81. The van der Waals surface area contributed by atoms with Crippen LogP contribution in [-0.4, -0.2) is 59.0 Å². The third-order valence-corrected chi connectivity index (χ3v) is 5.34. The molecule has 2 aromatic rings. The molecule has 168 valence electrons. The molecule has 0 spiro atoms. The van der Waals surface area contributed by atoms with E-state index in [9.17, 15) is 0 Å². The Balaban J connectivity index is 1.60. The van der Waals surface area contributed by atoms with Crippen LogP contribution in [0.2, 0.25) is 0 Å². The molecule has 0 saturated heterocycles. The van der Waals surface area contributed by atoms with Gasteiger partial charge in [0.15, 0.2) is 17.5 Å². The summed E-state index contributed by atoms with van der Waals surface area (Å²) in [6.45, 7) is 3.70. The van der Waals surface area contributed by atoms with Crippen LogP contribution in [0.1, 0.15) is 23.1 Å². The molecule has 2 aromatic carbocycles. The van der Waals surface area contributed by atoms with Crippen molar-refractivity contribution in [1.82, 2.24) is 10.2 Å². The molecule has 0 amide bonds. The highest BCUT2D eigenvalue weighted by molar-refractivity contribution is 5.80. The summed E-state index contributed by atoms with van der Waals surface area (Å²) in [7, 11) is 6.86. The first-order chi connectivity index (χ1) is 15.2. The van der Waals surface area contributed by atoms with Crippen molar-refractivity contribution in [2.45, 2.75) is 25.9 Å². The van der Waals surface area contributed by atoms with E-state index >= 15 is 0 Å². The summed E-state index contributed by atoms with van der Waals surface area (Å²) in [4.78, 5) is 6.76. The van der Waals surface area contributed by atoms with E-state index in [1.165, 1.54) is 11.1 Å². The van der Waals surface area contributed by atoms with E-state index in [1.807, 2.05) is 19.2 Å². The van der Waals surface area contributed by atoms with Crippen LogP contribution in [0.4, 0.5) is 0 Å². The Morgan fingerprint density at radius 2 is 1.81 bits per heavy atom. The molecule has 7 heteroatoms. The van der Waals surface area contributed by atoms with Crippen LogP contribution in [-0.2, 0) is 24.2 Å². The van der Waals surface area contributed by atoms with Gasteiger partial charge in [0, 0.05) is 46.8 Å². The topological polar surface area (TPSA) is 64.6 Å². The Morgan fingerprint density at radius 3 is 2.52 bits per heavy atom. The number of nitrogens with one attached hydrogen (secondary N) is 1. The van der Waals surface area contributed by atoms with Crippen molar-refractivity contribution in [3.05, 3.63) is 53.1 Å². The monoisotopic (exact) mass is 427 g/mol. The number of rotatable bonds is 9. The molecule has 1 heterocycles. The number of benzene rings is 2. The van der Waals surface area contributed by atoms with Crippen LogP contribution < -0.4 is 19.5 Å². The maximum Gasteiger partial charge on any atom is 0.194 e. The van der Waals surface area contributed by atoms with Crippen LogP contribution in [0.15, 0.2) is 41.4 Å². The van der Waals surface area contributed by atoms with Crippen molar-refractivity contribution < 1.29 is 18.9 Å². The molecular weight excluding hydrogens is 394 g/mol. The average Bonchev–Trinajstić information content (AvgIpc) is 2.81. The van der Waals surface area contributed by atoms with E-state index in [1.54, 1.807) is 21.3 Å². The first kappa shape index (κ1) is 22.7. The van der Waals surface area contributed by atoms with Gasteiger partial charge < -0.3 is 29.2 Å². The summed E-state index contributed by atoms with van der Waals surface area (Å²) < 4.78 is 21.8. The first-order valence-corrected chi connectivity index (χ1v) is 10.6. The van der Waals surface area contributed by atoms with Crippen molar-refractivity contribution in [1.29, 1.82) is 0 Å². The third kappa shape index (κ3) is 6.04. The molecule has 0 bridgehead atoms. The van der Waals surface area contributed by atoms with Gasteiger partial charge in [-0.25, -0.2) is 0 Å². The van der Waals surface area contributed by atoms with Gasteiger partial charge >= 0.3 is 0 Å². The number of methoxy groups -OCH3 is 3. The van der Waals surface area contributed by atoms with Gasteiger partial charge in [0.2, 0.25) is 0 Å². The molecule has 0 aromatic heterocycles. The molecule has 0 atom stereocenters. The number of aliphatic imine (C=N–C) groups is 1. The van der Waals surface area contributed by atoms with Crippen LogP contribution in [0.3, 0.4) is 0 Å². The number of hydrogen-bond donors (Lipinski definition) is 1. The lowest BCUT2D eigenvalue weighted by Crippen LogP contribution is -2.43. The van der Waals surface area contributed by atoms with E-state index in [0.717, 1.165) is 54.7 Å². The Morgan fingerprint density at radius 1 is 1.03 bits per heavy atom. The van der Waals surface area contributed by atoms with Crippen LogP contribution in [0.25, 0.3) is 0 Å². The predicted octanol–water partition coefficient (Wildman–Crippen LogP) is 3.25. The van der Waals surface area contributed by atoms with Crippen molar-refractivity contribution in [2.24, 2.45) is 4.99 Å². The minimum Gasteiger partial charge on any atom is -0.493 e. The zero-order valence-electron chi connectivity index (χ0n) is 18.9. The highest BCUT2D eigenvalue weighted by Gasteiger charge is 2.21. The molecule has 0 fully saturated rings. The number of ether oxygens (including phenoxy) is 4. The lowest BCUT2D eigenvalue weighted by Gasteiger charge is -2.32. The van der Waals surface area contributed by atoms with Crippen LogP contribution >= 0.6 is 0 Å². The first-order valence-electron chi connectivity index (χ1n) is 10.6. The molecule has 1 N–H and O–H groups in total. The largest absolute Gasteiger partial charge is 0.493 e. The zero-order valence-corrected chi connectivity index (χ0v) is 18.9. The second kappa shape index (κ2) is 11.5. The summed E-state index contributed by atoms with van der Waals surface area (Å²) in [6, 6.07) is 12.3. The van der Waals surface area contributed by atoms with E-state index < -0.39 is 0 Å². The average molecular weight is 428 g/mol. The minimum absolute atomic E-state index is 0.647. The molecule has 0 saturated carbocycles. The van der Waals surface area contributed by atoms with Gasteiger partial charge in [-0.15, -0.1) is 0 Å². The van der Waals surface area contributed by atoms with Crippen molar-refractivity contribution >= 4 is 5.96 Å². The SMILES string of the molecule is CN=C(NCc1cccc(OCCCOC)c1)N1CCc2cc(OC)c(OC)cc2C1. The van der Waals surface area contributed by atoms with Crippen molar-refractivity contribution in [2.75, 3.05) is 48.1 Å². The molecule has 0 unspecified atom stereocenters. The zero-order chi connectivity index (χ0) is 22.1. The minimum atomic E-state index is 0.647. The third-order valence-electron chi connectivity index (χ3n) is 5.34. The number of hydrogen-bond acceptors (Lipinski definition) is 5. The van der Waals surface area contributed by atoms with E-state index in [2.05, 4.69) is 39.5 Å². The smallest absolute Gasteiger partial charge is 0.194 e. The molecule has 3 rings (SSSR count). The summed E-state index contributed by atoms with van der Waals surface area (Å²) in [5, 5.41) is 3.49. The lowest BCUT2D eigenvalue weighted by atomic mass is 9.99. The Labute approximate surface area is 185 Å². The molecule has 1 aliphatic rings. The second-order valence-electron chi connectivity index (χ2n) is 7.39. The molecule has 0 aliphatic carbocycles. The van der Waals surface area contributed by atoms with E-state index in [4.69, 9.17) is 18.9 Å². The maximum atomic E-state index is 5.81. The lowest BCUT2D eigenvalue weighted by molar-refractivity contribution is 0.172. The van der Waals surface area contributed by atoms with E-state index in [0.29, 0.717) is 19.8 Å². The van der Waals surface area contributed by atoms with Gasteiger partial charge in [-0.05, 0) is 47.4 Å². The Kier molecular flexibility index (Phi) is 8.41. The fraction of sp³-hybridized carbons (Fsp3) is 0.458. The number of fused-ring (bicyclic) bond motifs is 1. The van der Waals surface area contributed by atoms with Gasteiger partial charge in [-0.3, -0.25) is 4.99 Å². The number of nitrogens with zero attached hydrogens (tertiary/aromatic N) is 2. The fourth-order valence-corrected chi connectivity index (χ4v) is 3.72. The van der Waals surface area contributed by atoms with Gasteiger partial charge in [-0.1, -0.05) is 12.1 Å². The van der Waals surface area contributed by atoms with E-state index in [-0.39, 0.29) is 0 Å². The standard InChI is InChI=1S/C24H33N3O4/c1-25-24(26-16-18-7-5-8-21(13-18)31-12-6-11-28-2)27-10-9-19-14-22(29-3)23(30-4)15-20(19)17-27/h5,7-8,13-15H,6,9-12,16-17H2,1-4H3,(H,25,26). The highest BCUT2D eigenvalue weighted by Crippen LogP contribution is 2.33. The predicted molar refractivity (Wildman–Crippen MR) is 122 cm³/mol. The Bertz CT molecular complexity index is 885. The summed E-state index contributed by atoms with van der Waals surface area (Å²) in [5.74, 6) is 3.29. The van der Waals surface area contributed by atoms with Gasteiger partial charge in [0.1, 0.15) is 5.75 Å². The summed E-state index contributed by atoms with van der Waals surface area (Å²) >= 11 is 0. The highest BCUT2D eigenvalue weighted by atomic mass is 16.5. The maximum absolute atomic E-state index is 5.81. The second-order valence-corrected chi connectivity index (χ2v) is 7.39. The quantitative estimate of drug-likeness (QED) is 0.377. The molecule has 7 nitrogen and oxygen atoms in total. The van der Waals surface area contributed by atoms with Gasteiger partial charge in [0.25, 0.3) is 0 Å². The molecular formula is C24H33N3O4. The molecule has 0 radical (unpaired) electrons. The Hall–Kier alpha value is -2.93. The van der Waals surface area contributed by atoms with Crippen LogP contribution in [0.5, 0.6) is 17.2 Å². The molecule has 31 heavy (non-hydrogen) atoms.